The van der Waals surface area contributed by atoms with Crippen LogP contribution in [0, 0.1) is 5.82 Å². The van der Waals surface area contributed by atoms with Gasteiger partial charge in [0.1, 0.15) is 5.82 Å². The van der Waals surface area contributed by atoms with Crippen LogP contribution in [0.5, 0.6) is 0 Å². The zero-order valence-electron chi connectivity index (χ0n) is 12.7. The van der Waals surface area contributed by atoms with Gasteiger partial charge in [-0.15, -0.1) is 0 Å². The van der Waals surface area contributed by atoms with Crippen LogP contribution in [0.25, 0.3) is 0 Å². The van der Waals surface area contributed by atoms with Gasteiger partial charge in [0, 0.05) is 23.4 Å². The molecule has 1 aliphatic rings. The maximum absolute atomic E-state index is 14.2. The molecule has 4 nitrogen and oxygen atoms in total. The first-order valence-corrected chi connectivity index (χ1v) is 7.63. The lowest BCUT2D eigenvalue weighted by atomic mass is 9.99. The molecule has 1 atom stereocenters. The molecule has 120 valence electrons. The average molecular weight is 314 g/mol. The molecular weight excluding hydrogens is 295 g/mol. The number of β-amino-alcohol motifs (C(OH)–C–C–N with tert-alkyl or cyclic N) is 1. The van der Waals surface area contributed by atoms with Gasteiger partial charge in [-0.05, 0) is 18.2 Å². The van der Waals surface area contributed by atoms with Crippen molar-refractivity contribution in [3.8, 4) is 0 Å². The lowest BCUT2D eigenvalue weighted by Gasteiger charge is -2.30. The predicted octanol–water partition coefficient (Wildman–Crippen LogP) is 1.84. The van der Waals surface area contributed by atoms with E-state index in [1.165, 1.54) is 6.07 Å². The van der Waals surface area contributed by atoms with Crippen molar-refractivity contribution in [2.24, 2.45) is 4.99 Å². The number of rotatable bonds is 4. The summed E-state index contributed by atoms with van der Waals surface area (Å²) < 4.78 is 14.2. The molecule has 23 heavy (non-hydrogen) atoms. The number of hydrogen-bond acceptors (Lipinski definition) is 4. The van der Waals surface area contributed by atoms with Gasteiger partial charge in [0.2, 0.25) is 0 Å². The Hall–Kier alpha value is -2.24. The van der Waals surface area contributed by atoms with Gasteiger partial charge in [0.15, 0.2) is 0 Å². The number of halogens is 1. The molecule has 0 bridgehead atoms. The van der Waals surface area contributed by atoms with Crippen LogP contribution in [-0.2, 0) is 0 Å². The van der Waals surface area contributed by atoms with Gasteiger partial charge >= 0.3 is 0 Å². The lowest BCUT2D eigenvalue weighted by molar-refractivity contribution is 0.248. The average Bonchev–Trinajstić information content (AvgIpc) is 2.73. The number of benzene rings is 2. The van der Waals surface area contributed by atoms with Crippen LogP contribution in [0.15, 0.2) is 53.5 Å². The summed E-state index contributed by atoms with van der Waals surface area (Å²) in [6, 6.07) is 13.9. The number of fused-ring (bicyclic) bond motifs is 1. The van der Waals surface area contributed by atoms with E-state index in [4.69, 9.17) is 0 Å². The monoisotopic (exact) mass is 314 g/mol. The number of benzodiazepines with no additional fused rings is 1. The summed E-state index contributed by atoms with van der Waals surface area (Å²) in [5.74, 6) is -0.322. The maximum Gasteiger partial charge on any atom is 0.132 e. The summed E-state index contributed by atoms with van der Waals surface area (Å²) in [5.41, 5.74) is 2.68. The van der Waals surface area contributed by atoms with E-state index in [-0.39, 0.29) is 25.1 Å². The lowest BCUT2D eigenvalue weighted by Crippen LogP contribution is -2.41. The Morgan fingerprint density at radius 1 is 1.04 bits per heavy atom. The minimum absolute atomic E-state index is 0.0279. The molecule has 2 aromatic carbocycles. The Morgan fingerprint density at radius 2 is 1.74 bits per heavy atom. The van der Waals surface area contributed by atoms with E-state index < -0.39 is 0 Å². The van der Waals surface area contributed by atoms with Gasteiger partial charge in [-0.2, -0.15) is 0 Å². The fraction of sp³-hybridized carbons (Fsp3) is 0.278. The van der Waals surface area contributed by atoms with Crippen molar-refractivity contribution in [3.63, 3.8) is 0 Å². The summed E-state index contributed by atoms with van der Waals surface area (Å²) in [7, 11) is 0. The molecule has 0 aromatic heterocycles. The molecule has 0 fully saturated rings. The fourth-order valence-corrected chi connectivity index (χ4v) is 2.95. The zero-order chi connectivity index (χ0) is 16.2. The van der Waals surface area contributed by atoms with Crippen LogP contribution in [-0.4, -0.2) is 48.3 Å². The summed E-state index contributed by atoms with van der Waals surface area (Å²) >= 11 is 0. The minimum Gasteiger partial charge on any atom is -0.395 e. The third-order valence-corrected chi connectivity index (χ3v) is 4.05. The van der Waals surface area contributed by atoms with E-state index in [2.05, 4.69) is 4.99 Å². The number of aliphatic hydroxyl groups excluding tert-OH is 2. The standard InChI is InChI=1S/C18H19FN2O2/c19-16-7-3-1-5-14(16)18-15-6-2-4-8-17(15)21(9-10-22)13(12-23)11-20-18/h1-8,13,22-23H,9-12H2. The summed E-state index contributed by atoms with van der Waals surface area (Å²) in [5, 5.41) is 19.0. The maximum atomic E-state index is 14.2. The Bertz CT molecular complexity index is 718. The second-order valence-electron chi connectivity index (χ2n) is 5.44. The van der Waals surface area contributed by atoms with Crippen LogP contribution >= 0.6 is 0 Å². The normalized spacial score (nSPS) is 17.4. The van der Waals surface area contributed by atoms with Crippen molar-refractivity contribution in [1.82, 2.24) is 0 Å². The van der Waals surface area contributed by atoms with Crippen molar-refractivity contribution in [3.05, 3.63) is 65.5 Å². The first-order chi connectivity index (χ1) is 11.3. The van der Waals surface area contributed by atoms with Gasteiger partial charge in [-0.1, -0.05) is 30.3 Å². The molecular formula is C18H19FN2O2. The molecule has 5 heteroatoms. The van der Waals surface area contributed by atoms with Gasteiger partial charge < -0.3 is 15.1 Å². The Morgan fingerprint density at radius 3 is 2.43 bits per heavy atom. The highest BCUT2D eigenvalue weighted by Crippen LogP contribution is 2.29. The topological polar surface area (TPSA) is 56.1 Å². The Kier molecular flexibility index (Phi) is 4.69. The van der Waals surface area contributed by atoms with E-state index in [0.717, 1.165) is 11.3 Å². The molecule has 0 radical (unpaired) electrons. The van der Waals surface area contributed by atoms with E-state index >= 15 is 0 Å². The van der Waals surface area contributed by atoms with Crippen molar-refractivity contribution in [2.45, 2.75) is 6.04 Å². The minimum atomic E-state index is -0.322. The first-order valence-electron chi connectivity index (χ1n) is 7.63. The number of nitrogens with zero attached hydrogens (tertiary/aromatic N) is 2. The van der Waals surface area contributed by atoms with Crippen LogP contribution in [0.2, 0.25) is 0 Å². The van der Waals surface area contributed by atoms with E-state index in [1.807, 2.05) is 29.2 Å². The van der Waals surface area contributed by atoms with Crippen molar-refractivity contribution >= 4 is 11.4 Å². The van der Waals surface area contributed by atoms with Gasteiger partial charge in [0.05, 0.1) is 31.5 Å². The number of aliphatic imine (C=N–C) groups is 1. The van der Waals surface area contributed by atoms with Crippen molar-refractivity contribution in [2.75, 3.05) is 31.2 Å². The second-order valence-corrected chi connectivity index (χ2v) is 5.44. The molecule has 0 amide bonds. The molecule has 0 saturated heterocycles. The van der Waals surface area contributed by atoms with Crippen LogP contribution in [0.3, 0.4) is 0 Å². The van der Waals surface area contributed by atoms with Crippen molar-refractivity contribution in [1.29, 1.82) is 0 Å². The van der Waals surface area contributed by atoms with E-state index in [9.17, 15) is 14.6 Å². The molecule has 1 heterocycles. The highest BCUT2D eigenvalue weighted by atomic mass is 19.1. The molecule has 1 aliphatic heterocycles. The largest absolute Gasteiger partial charge is 0.395 e. The Balaban J connectivity index is 2.16. The summed E-state index contributed by atoms with van der Waals surface area (Å²) in [6.07, 6.45) is 0. The van der Waals surface area contributed by atoms with Crippen molar-refractivity contribution < 1.29 is 14.6 Å². The van der Waals surface area contributed by atoms with Crippen LogP contribution < -0.4 is 4.90 Å². The SMILES string of the molecule is OCCN1c2ccccc2C(c2ccccc2F)=NCC1CO. The molecule has 3 rings (SSSR count). The van der Waals surface area contributed by atoms with Gasteiger partial charge in [-0.3, -0.25) is 4.99 Å². The fourth-order valence-electron chi connectivity index (χ4n) is 2.95. The van der Waals surface area contributed by atoms with Gasteiger partial charge in [0.25, 0.3) is 0 Å². The predicted molar refractivity (Wildman–Crippen MR) is 88.7 cm³/mol. The molecule has 2 N–H and O–H groups in total. The Labute approximate surface area is 134 Å². The highest BCUT2D eigenvalue weighted by molar-refractivity contribution is 6.16. The quantitative estimate of drug-likeness (QED) is 0.905. The number of hydrogen-bond donors (Lipinski definition) is 2. The third-order valence-electron chi connectivity index (χ3n) is 4.05. The highest BCUT2D eigenvalue weighted by Gasteiger charge is 2.26. The number of aliphatic hydroxyl groups is 2. The van der Waals surface area contributed by atoms with E-state index in [1.54, 1.807) is 18.2 Å². The first kappa shape index (κ1) is 15.6. The molecule has 0 saturated carbocycles. The summed E-state index contributed by atoms with van der Waals surface area (Å²) in [4.78, 5) is 6.51. The summed E-state index contributed by atoms with van der Waals surface area (Å²) in [6.45, 7) is 0.624. The van der Waals surface area contributed by atoms with Crippen LogP contribution in [0.1, 0.15) is 11.1 Å². The molecule has 0 spiro atoms. The second kappa shape index (κ2) is 6.89. The molecule has 0 aliphatic carbocycles. The van der Waals surface area contributed by atoms with Gasteiger partial charge in [-0.25, -0.2) is 4.39 Å². The van der Waals surface area contributed by atoms with E-state index in [0.29, 0.717) is 24.4 Å². The van der Waals surface area contributed by atoms with Crippen LogP contribution in [0.4, 0.5) is 10.1 Å². The molecule has 2 aromatic rings. The zero-order valence-corrected chi connectivity index (χ0v) is 12.7. The third kappa shape index (κ3) is 2.98. The molecule has 1 unspecified atom stereocenters. The smallest absolute Gasteiger partial charge is 0.132 e. The number of anilines is 1. The number of para-hydroxylation sites is 1.